The van der Waals surface area contributed by atoms with Crippen LogP contribution < -0.4 is 19.7 Å². The number of benzene rings is 3. The van der Waals surface area contributed by atoms with E-state index in [9.17, 15) is 18.0 Å². The number of piperazine rings is 1. The van der Waals surface area contributed by atoms with Gasteiger partial charge in [0.05, 0.1) is 25.0 Å². The minimum atomic E-state index is -4.48. The van der Waals surface area contributed by atoms with Gasteiger partial charge in [-0.05, 0) is 128 Å². The molecule has 0 bridgehead atoms. The Labute approximate surface area is 374 Å². The van der Waals surface area contributed by atoms with Crippen LogP contribution in [0.2, 0.25) is 5.02 Å². The maximum absolute atomic E-state index is 13.9. The van der Waals surface area contributed by atoms with E-state index in [1.54, 1.807) is 30.6 Å². The molecule has 3 aromatic carbocycles. The molecule has 2 saturated heterocycles. The second-order valence-electron chi connectivity index (χ2n) is 16.0. The van der Waals surface area contributed by atoms with Crippen molar-refractivity contribution in [3.8, 4) is 11.5 Å². The third kappa shape index (κ3) is 11.8. The van der Waals surface area contributed by atoms with Gasteiger partial charge in [-0.3, -0.25) is 19.3 Å². The third-order valence-corrected chi connectivity index (χ3v) is 13.4. The predicted molar refractivity (Wildman–Crippen MR) is 245 cm³/mol. The number of fused-ring (bicyclic) bond motifs is 1. The van der Waals surface area contributed by atoms with E-state index in [1.165, 1.54) is 29.2 Å². The van der Waals surface area contributed by atoms with Gasteiger partial charge in [0.2, 0.25) is 0 Å². The summed E-state index contributed by atoms with van der Waals surface area (Å²) < 4.78 is 55.8. The number of thioether (sulfide) groups is 1. The summed E-state index contributed by atoms with van der Waals surface area (Å²) in [6.45, 7) is 11.1. The molecule has 1 amide bonds. The molecular formula is C46H51ClF3N7O3S2. The molecule has 62 heavy (non-hydrogen) atoms. The number of morpholine rings is 1. The van der Waals surface area contributed by atoms with Crippen molar-refractivity contribution in [3.63, 3.8) is 0 Å². The molecule has 328 valence electrons. The maximum Gasteiger partial charge on any atom is 0.446 e. The summed E-state index contributed by atoms with van der Waals surface area (Å²) in [5.74, 6) is 1.02. The lowest BCUT2D eigenvalue weighted by Crippen LogP contribution is -2.47. The first-order chi connectivity index (χ1) is 30.0. The summed E-state index contributed by atoms with van der Waals surface area (Å²) in [4.78, 5) is 29.1. The number of hydrogen-bond donors (Lipinski definition) is 3. The van der Waals surface area contributed by atoms with E-state index in [0.29, 0.717) is 53.4 Å². The Hall–Kier alpha value is -4.38. The first-order valence-electron chi connectivity index (χ1n) is 21.1. The zero-order valence-electron chi connectivity index (χ0n) is 34.6. The Bertz CT molecular complexity index is 2350. The van der Waals surface area contributed by atoms with Gasteiger partial charge in [0.25, 0.3) is 5.91 Å². The monoisotopic (exact) mass is 905 g/mol. The highest BCUT2D eigenvalue weighted by Gasteiger charge is 2.31. The summed E-state index contributed by atoms with van der Waals surface area (Å²) in [5, 5.41) is 4.79. The topological polar surface area (TPSA) is 98.0 Å². The number of alkyl halides is 3. The Morgan fingerprint density at radius 2 is 1.79 bits per heavy atom. The summed E-state index contributed by atoms with van der Waals surface area (Å²) in [7, 11) is 0. The number of allylic oxidation sites excluding steroid dienone is 1. The zero-order valence-corrected chi connectivity index (χ0v) is 37.0. The molecular weight excluding hydrogens is 855 g/mol. The van der Waals surface area contributed by atoms with Crippen LogP contribution in [0, 0.1) is 5.92 Å². The van der Waals surface area contributed by atoms with Crippen molar-refractivity contribution >= 4 is 69.2 Å². The van der Waals surface area contributed by atoms with E-state index in [1.807, 2.05) is 36.4 Å². The quantitative estimate of drug-likeness (QED) is 0.0535. The molecule has 5 aromatic rings. The number of ether oxygens (including phenoxy) is 2. The highest BCUT2D eigenvalue weighted by Crippen LogP contribution is 2.42. The highest BCUT2D eigenvalue weighted by atomic mass is 35.5. The smallest absolute Gasteiger partial charge is 0.446 e. The van der Waals surface area contributed by atoms with Gasteiger partial charge in [0.1, 0.15) is 17.1 Å². The number of nitrogens with one attached hydrogen (secondary N) is 3. The van der Waals surface area contributed by atoms with Crippen LogP contribution in [0.3, 0.4) is 0 Å². The maximum atomic E-state index is 13.9. The van der Waals surface area contributed by atoms with Gasteiger partial charge in [-0.15, -0.1) is 0 Å². The first kappa shape index (κ1) is 44.2. The average Bonchev–Trinajstić information content (AvgIpc) is 3.74. The van der Waals surface area contributed by atoms with Crippen LogP contribution in [-0.2, 0) is 4.74 Å². The number of halogens is 4. The number of aromatic amines is 1. The molecule has 1 unspecified atom stereocenters. The fraction of sp³-hybridized carbons (Fsp3) is 0.391. The molecule has 3 N–H and O–H groups in total. The van der Waals surface area contributed by atoms with Gasteiger partial charge < -0.3 is 24.7 Å². The normalized spacial score (nSPS) is 18.0. The second kappa shape index (κ2) is 20.4. The number of H-pyrrole nitrogens is 1. The van der Waals surface area contributed by atoms with Crippen LogP contribution in [0.5, 0.6) is 11.5 Å². The third-order valence-electron chi connectivity index (χ3n) is 11.6. The van der Waals surface area contributed by atoms with Crippen molar-refractivity contribution in [2.24, 2.45) is 5.92 Å². The molecule has 10 nitrogen and oxygen atoms in total. The van der Waals surface area contributed by atoms with E-state index in [4.69, 9.17) is 21.1 Å². The van der Waals surface area contributed by atoms with E-state index in [-0.39, 0.29) is 22.2 Å². The SMILES string of the molecule is CC1CCC(c2ccc(Cl)cc2)=C(CN2CCN(c3ccc(C(=O)NSc4ccc(NCCCN5CCOCC5)c(SC(F)(F)F)c4)c(Oc4cnc5[nH]ccc5c4)c3)CC2)C1. The van der Waals surface area contributed by atoms with Crippen LogP contribution in [-0.4, -0.2) is 103 Å². The van der Waals surface area contributed by atoms with Crippen molar-refractivity contribution in [1.82, 2.24) is 24.5 Å². The van der Waals surface area contributed by atoms with Gasteiger partial charge in [0.15, 0.2) is 0 Å². The van der Waals surface area contributed by atoms with E-state index >= 15 is 0 Å². The van der Waals surface area contributed by atoms with Gasteiger partial charge >= 0.3 is 5.51 Å². The van der Waals surface area contributed by atoms with Gasteiger partial charge in [0, 0.05) is 96.2 Å². The van der Waals surface area contributed by atoms with Crippen molar-refractivity contribution in [1.29, 1.82) is 0 Å². The standard InChI is InChI=1S/C46H51ClF3N7O3S2/c1-31-3-10-39(32-4-6-35(47)7-5-32)34(25-31)30-56-17-19-57(20-18-56)36-8-11-40(42(27-36)60-37-26-33-13-15-52-44(33)53-29-37)45(58)54-62-38-9-12-41(43(28-38)61-46(48,49)50)51-14-2-16-55-21-23-59-24-22-55/h4-9,11-13,15,26-29,31,51H,2-3,10,14,16-25,30H2,1H3,(H,52,53)(H,54,58). The van der Waals surface area contributed by atoms with Crippen LogP contribution in [0.25, 0.3) is 16.6 Å². The molecule has 4 heterocycles. The molecule has 3 aliphatic rings. The van der Waals surface area contributed by atoms with Crippen LogP contribution >= 0.6 is 35.3 Å². The lowest BCUT2D eigenvalue weighted by molar-refractivity contribution is -0.0328. The lowest BCUT2D eigenvalue weighted by Gasteiger charge is -2.38. The van der Waals surface area contributed by atoms with Gasteiger partial charge in [-0.2, -0.15) is 13.2 Å². The number of nitrogens with zero attached hydrogens (tertiary/aromatic N) is 4. The summed E-state index contributed by atoms with van der Waals surface area (Å²) in [5.41, 5.74) is 2.06. The van der Waals surface area contributed by atoms with E-state index in [2.05, 4.69) is 53.8 Å². The minimum absolute atomic E-state index is 0.0382. The molecule has 2 aromatic heterocycles. The van der Waals surface area contributed by atoms with Gasteiger partial charge in [-0.1, -0.05) is 36.2 Å². The fourth-order valence-electron chi connectivity index (χ4n) is 8.32. The fourth-order valence-corrected chi connectivity index (χ4v) is 9.84. The molecule has 16 heteroatoms. The lowest BCUT2D eigenvalue weighted by atomic mass is 9.82. The molecule has 2 fully saturated rings. The largest absolute Gasteiger partial charge is 0.455 e. The number of carbonyl (C=O) groups excluding carboxylic acids is 1. The Morgan fingerprint density at radius 1 is 0.984 bits per heavy atom. The minimum Gasteiger partial charge on any atom is -0.455 e. The predicted octanol–water partition coefficient (Wildman–Crippen LogP) is 10.6. The molecule has 0 spiro atoms. The van der Waals surface area contributed by atoms with Crippen molar-refractivity contribution in [3.05, 3.63) is 107 Å². The summed E-state index contributed by atoms with van der Waals surface area (Å²) >= 11 is 7.01. The van der Waals surface area contributed by atoms with E-state index < -0.39 is 11.4 Å². The molecule has 1 aliphatic carbocycles. The number of carbonyl (C=O) groups is 1. The molecule has 0 radical (unpaired) electrons. The molecule has 8 rings (SSSR count). The van der Waals surface area contributed by atoms with E-state index in [0.717, 1.165) is 99.7 Å². The van der Waals surface area contributed by atoms with Crippen LogP contribution in [0.4, 0.5) is 24.5 Å². The van der Waals surface area contributed by atoms with Crippen molar-refractivity contribution < 1.29 is 27.4 Å². The number of pyridine rings is 1. The number of amides is 1. The number of anilines is 2. The number of rotatable bonds is 15. The molecule has 1 atom stereocenters. The highest BCUT2D eigenvalue weighted by molar-refractivity contribution is 8.00. The number of aromatic nitrogens is 2. The Kier molecular flexibility index (Phi) is 14.6. The molecule has 0 saturated carbocycles. The van der Waals surface area contributed by atoms with Crippen molar-refractivity contribution in [2.75, 3.05) is 82.3 Å². The first-order valence-corrected chi connectivity index (χ1v) is 23.1. The van der Waals surface area contributed by atoms with Crippen molar-refractivity contribution in [2.45, 2.75) is 47.9 Å². The van der Waals surface area contributed by atoms with Crippen LogP contribution in [0.15, 0.2) is 101 Å². The Morgan fingerprint density at radius 3 is 2.58 bits per heavy atom. The molecule has 2 aliphatic heterocycles. The zero-order chi connectivity index (χ0) is 43.1. The Balaban J connectivity index is 0.951. The summed E-state index contributed by atoms with van der Waals surface area (Å²) in [6, 6.07) is 22.3. The average molecular weight is 907 g/mol. The van der Waals surface area contributed by atoms with Gasteiger partial charge in [-0.25, -0.2) is 4.98 Å². The second-order valence-corrected chi connectivity index (χ2v) is 18.5. The number of hydrogen-bond acceptors (Lipinski definition) is 10. The van der Waals surface area contributed by atoms with Crippen LogP contribution in [0.1, 0.15) is 48.5 Å². The summed E-state index contributed by atoms with van der Waals surface area (Å²) in [6.07, 6.45) is 7.54.